The molecular weight excluding hydrogens is 192 g/mol. The molecule has 0 aliphatic carbocycles. The Morgan fingerprint density at radius 2 is 1.93 bits per heavy atom. The molecule has 0 radical (unpaired) electrons. The molecule has 1 amide bonds. The predicted octanol–water partition coefficient (Wildman–Crippen LogP) is 0.604. The van der Waals surface area contributed by atoms with Gasteiger partial charge in [-0.3, -0.25) is 4.79 Å². The molecule has 1 unspecified atom stereocenters. The maximum absolute atomic E-state index is 11.3. The van der Waals surface area contributed by atoms with Crippen molar-refractivity contribution < 1.29 is 9.90 Å². The van der Waals surface area contributed by atoms with Gasteiger partial charge in [-0.15, -0.1) is 0 Å². The van der Waals surface area contributed by atoms with Crippen LogP contribution in [0.5, 0.6) is 0 Å². The molecule has 0 saturated heterocycles. The Balaban J connectivity index is 3.53. The Morgan fingerprint density at radius 1 is 1.33 bits per heavy atom. The highest BCUT2D eigenvalue weighted by molar-refractivity contribution is 5.76. The molecule has 15 heavy (non-hydrogen) atoms. The Labute approximate surface area is 92.7 Å². The normalized spacial score (nSPS) is 13.3. The maximum atomic E-state index is 11.3. The quantitative estimate of drug-likeness (QED) is 0.655. The zero-order valence-corrected chi connectivity index (χ0v) is 10.3. The van der Waals surface area contributed by atoms with E-state index in [0.717, 1.165) is 19.5 Å². The lowest BCUT2D eigenvalue weighted by Crippen LogP contribution is -2.33. The van der Waals surface area contributed by atoms with Crippen molar-refractivity contribution in [3.63, 3.8) is 0 Å². The van der Waals surface area contributed by atoms with Crippen molar-refractivity contribution in [2.45, 2.75) is 45.8 Å². The van der Waals surface area contributed by atoms with Crippen molar-refractivity contribution in [2.24, 2.45) is 0 Å². The summed E-state index contributed by atoms with van der Waals surface area (Å²) < 4.78 is 0. The minimum absolute atomic E-state index is 0.0916. The minimum Gasteiger partial charge on any atom is -0.393 e. The van der Waals surface area contributed by atoms with Gasteiger partial charge in [0.2, 0.25) is 5.91 Å². The van der Waals surface area contributed by atoms with Crippen LogP contribution in [0.15, 0.2) is 0 Å². The fraction of sp³-hybridized carbons (Fsp3) is 0.909. The molecule has 0 spiro atoms. The van der Waals surface area contributed by atoms with Crippen LogP contribution >= 0.6 is 0 Å². The predicted molar refractivity (Wildman–Crippen MR) is 61.7 cm³/mol. The second-order valence-electron chi connectivity index (χ2n) is 4.41. The first-order chi connectivity index (χ1) is 6.91. The molecule has 4 nitrogen and oxygen atoms in total. The van der Waals surface area contributed by atoms with Gasteiger partial charge in [-0.25, -0.2) is 0 Å². The zero-order chi connectivity index (χ0) is 11.8. The first-order valence-corrected chi connectivity index (χ1v) is 5.57. The number of amides is 1. The summed E-state index contributed by atoms with van der Waals surface area (Å²) >= 11 is 0. The van der Waals surface area contributed by atoms with Gasteiger partial charge in [0.15, 0.2) is 0 Å². The van der Waals surface area contributed by atoms with Gasteiger partial charge in [-0.05, 0) is 34.2 Å². The smallest absolute Gasteiger partial charge is 0.221 e. The number of rotatable bonds is 7. The van der Waals surface area contributed by atoms with Gasteiger partial charge in [-0.2, -0.15) is 0 Å². The molecule has 0 rings (SSSR count). The Kier molecular flexibility index (Phi) is 7.34. The molecule has 4 heteroatoms. The van der Waals surface area contributed by atoms with Gasteiger partial charge in [0, 0.05) is 25.6 Å². The fourth-order valence-corrected chi connectivity index (χ4v) is 1.21. The van der Waals surface area contributed by atoms with Crippen LogP contribution in [-0.2, 0) is 4.79 Å². The molecule has 0 heterocycles. The van der Waals surface area contributed by atoms with E-state index in [1.54, 1.807) is 6.92 Å². The van der Waals surface area contributed by atoms with Crippen molar-refractivity contribution >= 4 is 5.91 Å². The first-order valence-electron chi connectivity index (χ1n) is 5.57. The number of hydrogen-bond acceptors (Lipinski definition) is 3. The van der Waals surface area contributed by atoms with E-state index in [0.29, 0.717) is 6.42 Å². The molecule has 0 aromatic rings. The molecule has 0 fully saturated rings. The number of carbonyl (C=O) groups is 1. The number of hydrogen-bond donors (Lipinski definition) is 2. The third kappa shape index (κ3) is 9.69. The van der Waals surface area contributed by atoms with Crippen LogP contribution in [0, 0.1) is 0 Å². The average molecular weight is 216 g/mol. The highest BCUT2D eigenvalue weighted by Gasteiger charge is 2.06. The van der Waals surface area contributed by atoms with Crippen LogP contribution in [0.2, 0.25) is 0 Å². The summed E-state index contributed by atoms with van der Waals surface area (Å²) in [6.45, 7) is 7.25. The summed E-state index contributed by atoms with van der Waals surface area (Å²) in [5.74, 6) is 0.0916. The molecule has 0 bridgehead atoms. The molecule has 0 aliphatic rings. The first kappa shape index (κ1) is 14.4. The SMILES string of the molecule is CC(O)CCN(C)CCC(=O)NC(C)C. The van der Waals surface area contributed by atoms with E-state index in [-0.39, 0.29) is 18.1 Å². The van der Waals surface area contributed by atoms with Crippen molar-refractivity contribution in [1.29, 1.82) is 0 Å². The number of nitrogens with zero attached hydrogens (tertiary/aromatic N) is 1. The molecule has 0 aromatic carbocycles. The van der Waals surface area contributed by atoms with E-state index >= 15 is 0 Å². The van der Waals surface area contributed by atoms with E-state index in [1.807, 2.05) is 20.9 Å². The molecule has 0 aromatic heterocycles. The van der Waals surface area contributed by atoms with Crippen LogP contribution in [0.3, 0.4) is 0 Å². The van der Waals surface area contributed by atoms with Crippen molar-refractivity contribution in [2.75, 3.05) is 20.1 Å². The maximum Gasteiger partial charge on any atom is 0.221 e. The van der Waals surface area contributed by atoms with Crippen LogP contribution in [0.25, 0.3) is 0 Å². The third-order valence-corrected chi connectivity index (χ3v) is 2.10. The largest absolute Gasteiger partial charge is 0.393 e. The number of carbonyl (C=O) groups excluding carboxylic acids is 1. The van der Waals surface area contributed by atoms with Gasteiger partial charge in [0.05, 0.1) is 6.10 Å². The standard InChI is InChI=1S/C11H24N2O2/c1-9(2)12-11(15)6-8-13(4)7-5-10(3)14/h9-10,14H,5-8H2,1-4H3,(H,12,15). The number of aliphatic hydroxyl groups is 1. The molecule has 1 atom stereocenters. The van der Waals surface area contributed by atoms with E-state index in [2.05, 4.69) is 10.2 Å². The van der Waals surface area contributed by atoms with Crippen LogP contribution in [-0.4, -0.2) is 48.2 Å². The second-order valence-corrected chi connectivity index (χ2v) is 4.41. The average Bonchev–Trinajstić information content (AvgIpc) is 2.10. The molecule has 90 valence electrons. The van der Waals surface area contributed by atoms with Crippen LogP contribution in [0.4, 0.5) is 0 Å². The highest BCUT2D eigenvalue weighted by Crippen LogP contribution is 1.95. The number of aliphatic hydroxyl groups excluding tert-OH is 1. The van der Waals surface area contributed by atoms with Crippen molar-refractivity contribution in [3.8, 4) is 0 Å². The molecule has 0 saturated carbocycles. The van der Waals surface area contributed by atoms with Crippen molar-refractivity contribution in [1.82, 2.24) is 10.2 Å². The second kappa shape index (κ2) is 7.65. The number of nitrogens with one attached hydrogen (secondary N) is 1. The van der Waals surface area contributed by atoms with Gasteiger partial charge >= 0.3 is 0 Å². The van der Waals surface area contributed by atoms with Crippen molar-refractivity contribution in [3.05, 3.63) is 0 Å². The van der Waals surface area contributed by atoms with Gasteiger partial charge in [0.25, 0.3) is 0 Å². The van der Waals surface area contributed by atoms with Gasteiger partial charge in [0.1, 0.15) is 0 Å². The molecular formula is C11H24N2O2. The van der Waals surface area contributed by atoms with Gasteiger partial charge in [-0.1, -0.05) is 0 Å². The summed E-state index contributed by atoms with van der Waals surface area (Å²) in [6.07, 6.45) is 1.01. The van der Waals surface area contributed by atoms with Crippen LogP contribution < -0.4 is 5.32 Å². The molecule has 0 aliphatic heterocycles. The summed E-state index contributed by atoms with van der Waals surface area (Å²) in [4.78, 5) is 13.4. The van der Waals surface area contributed by atoms with E-state index in [9.17, 15) is 4.79 Å². The summed E-state index contributed by atoms with van der Waals surface area (Å²) in [7, 11) is 1.96. The van der Waals surface area contributed by atoms with E-state index in [1.165, 1.54) is 0 Å². The fourth-order valence-electron chi connectivity index (χ4n) is 1.21. The summed E-state index contributed by atoms with van der Waals surface area (Å²) in [5, 5.41) is 11.9. The summed E-state index contributed by atoms with van der Waals surface area (Å²) in [5.41, 5.74) is 0. The molecule has 2 N–H and O–H groups in total. The minimum atomic E-state index is -0.267. The highest BCUT2D eigenvalue weighted by atomic mass is 16.3. The Bertz CT molecular complexity index is 181. The Morgan fingerprint density at radius 3 is 2.40 bits per heavy atom. The van der Waals surface area contributed by atoms with Crippen LogP contribution in [0.1, 0.15) is 33.6 Å². The Hall–Kier alpha value is -0.610. The van der Waals surface area contributed by atoms with E-state index in [4.69, 9.17) is 5.11 Å². The monoisotopic (exact) mass is 216 g/mol. The lowest BCUT2D eigenvalue weighted by molar-refractivity contribution is -0.121. The lowest BCUT2D eigenvalue weighted by atomic mass is 10.2. The lowest BCUT2D eigenvalue weighted by Gasteiger charge is -2.17. The zero-order valence-electron chi connectivity index (χ0n) is 10.3. The van der Waals surface area contributed by atoms with E-state index < -0.39 is 0 Å². The topological polar surface area (TPSA) is 52.6 Å². The van der Waals surface area contributed by atoms with Gasteiger partial charge < -0.3 is 15.3 Å². The third-order valence-electron chi connectivity index (χ3n) is 2.10. The summed E-state index contributed by atoms with van der Waals surface area (Å²) in [6, 6.07) is 0.209.